The number of sulfonamides is 1. The van der Waals surface area contributed by atoms with Crippen molar-refractivity contribution in [3.8, 4) is 0 Å². The lowest BCUT2D eigenvalue weighted by Crippen LogP contribution is -2.33. The van der Waals surface area contributed by atoms with Gasteiger partial charge in [-0.15, -0.1) is 11.3 Å². The molecule has 1 heterocycles. The van der Waals surface area contributed by atoms with E-state index in [0.717, 1.165) is 0 Å². The van der Waals surface area contributed by atoms with Crippen molar-refractivity contribution in [1.29, 1.82) is 0 Å². The van der Waals surface area contributed by atoms with Crippen LogP contribution in [0, 0.1) is 17.8 Å². The van der Waals surface area contributed by atoms with Crippen molar-refractivity contribution in [2.75, 3.05) is 6.54 Å². The van der Waals surface area contributed by atoms with Gasteiger partial charge in [0, 0.05) is 6.54 Å². The highest BCUT2D eigenvalue weighted by atomic mass is 32.2. The molecule has 5 heteroatoms. The Morgan fingerprint density at radius 2 is 1.82 bits per heavy atom. The van der Waals surface area contributed by atoms with E-state index in [1.165, 1.54) is 11.3 Å². The molecule has 0 fully saturated rings. The lowest BCUT2D eigenvalue weighted by atomic mass is 9.86. The van der Waals surface area contributed by atoms with Gasteiger partial charge in [0.15, 0.2) is 0 Å². The first-order valence-electron chi connectivity index (χ1n) is 5.87. The number of thiophene rings is 1. The van der Waals surface area contributed by atoms with Crippen LogP contribution in [0.1, 0.15) is 27.7 Å². The van der Waals surface area contributed by atoms with Crippen LogP contribution in [0.25, 0.3) is 0 Å². The fourth-order valence-electron chi connectivity index (χ4n) is 1.93. The Labute approximate surface area is 108 Å². The first-order valence-corrected chi connectivity index (χ1v) is 8.24. The molecule has 17 heavy (non-hydrogen) atoms. The fraction of sp³-hybridized carbons (Fsp3) is 0.667. The van der Waals surface area contributed by atoms with Gasteiger partial charge < -0.3 is 0 Å². The fourth-order valence-corrected chi connectivity index (χ4v) is 4.05. The van der Waals surface area contributed by atoms with Crippen LogP contribution in [0.2, 0.25) is 0 Å². The minimum atomic E-state index is -3.31. The molecule has 0 radical (unpaired) electrons. The van der Waals surface area contributed by atoms with Gasteiger partial charge in [0.25, 0.3) is 0 Å². The van der Waals surface area contributed by atoms with E-state index in [9.17, 15) is 8.42 Å². The molecule has 0 aromatic carbocycles. The van der Waals surface area contributed by atoms with Gasteiger partial charge in [-0.25, -0.2) is 13.1 Å². The maximum absolute atomic E-state index is 11.9. The number of hydrogen-bond donors (Lipinski definition) is 1. The third-order valence-electron chi connectivity index (χ3n) is 2.98. The summed E-state index contributed by atoms with van der Waals surface area (Å²) in [6.45, 7) is 9.03. The van der Waals surface area contributed by atoms with Crippen LogP contribution < -0.4 is 4.72 Å². The van der Waals surface area contributed by atoms with Gasteiger partial charge in [-0.05, 0) is 29.2 Å². The second kappa shape index (κ2) is 5.98. The van der Waals surface area contributed by atoms with Crippen LogP contribution in [0.3, 0.4) is 0 Å². The van der Waals surface area contributed by atoms with Crippen molar-refractivity contribution >= 4 is 21.4 Å². The molecule has 0 unspecified atom stereocenters. The lowest BCUT2D eigenvalue weighted by molar-refractivity contribution is 0.289. The monoisotopic (exact) mass is 275 g/mol. The van der Waals surface area contributed by atoms with E-state index < -0.39 is 10.0 Å². The lowest BCUT2D eigenvalue weighted by Gasteiger charge is -2.24. The van der Waals surface area contributed by atoms with Gasteiger partial charge in [-0.3, -0.25) is 0 Å². The van der Waals surface area contributed by atoms with Crippen LogP contribution in [0.5, 0.6) is 0 Å². The minimum Gasteiger partial charge on any atom is -0.210 e. The van der Waals surface area contributed by atoms with Gasteiger partial charge in [-0.2, -0.15) is 0 Å². The van der Waals surface area contributed by atoms with E-state index in [1.54, 1.807) is 17.5 Å². The van der Waals surface area contributed by atoms with Crippen LogP contribution in [-0.4, -0.2) is 15.0 Å². The summed E-state index contributed by atoms with van der Waals surface area (Å²) < 4.78 is 27.0. The molecular weight excluding hydrogens is 254 g/mol. The number of rotatable bonds is 6. The Bertz CT molecular complexity index is 413. The Balaban J connectivity index is 2.67. The predicted octanol–water partition coefficient (Wildman–Crippen LogP) is 2.95. The molecule has 0 saturated carbocycles. The third kappa shape index (κ3) is 4.08. The molecule has 0 atom stereocenters. The maximum atomic E-state index is 11.9. The molecule has 0 aliphatic heterocycles. The molecule has 1 aromatic rings. The van der Waals surface area contributed by atoms with Gasteiger partial charge in [0.1, 0.15) is 4.21 Å². The Morgan fingerprint density at radius 1 is 1.24 bits per heavy atom. The summed E-state index contributed by atoms with van der Waals surface area (Å²) in [4.78, 5) is 0. The van der Waals surface area contributed by atoms with Crippen molar-refractivity contribution in [2.45, 2.75) is 31.9 Å². The van der Waals surface area contributed by atoms with Crippen LogP contribution in [0.4, 0.5) is 0 Å². The number of nitrogens with one attached hydrogen (secondary N) is 1. The van der Waals surface area contributed by atoms with Crippen LogP contribution in [-0.2, 0) is 10.0 Å². The summed E-state index contributed by atoms with van der Waals surface area (Å²) >= 11 is 1.25. The average Bonchev–Trinajstić information content (AvgIpc) is 2.69. The Kier molecular flexibility index (Phi) is 5.16. The third-order valence-corrected chi connectivity index (χ3v) is 5.80. The van der Waals surface area contributed by atoms with E-state index in [2.05, 4.69) is 32.4 Å². The summed E-state index contributed by atoms with van der Waals surface area (Å²) in [6.07, 6.45) is 0. The van der Waals surface area contributed by atoms with E-state index >= 15 is 0 Å². The molecule has 1 N–H and O–H groups in total. The van der Waals surface area contributed by atoms with Crippen molar-refractivity contribution < 1.29 is 8.42 Å². The quantitative estimate of drug-likeness (QED) is 0.867. The molecule has 1 aromatic heterocycles. The molecule has 0 aliphatic rings. The first-order chi connectivity index (χ1) is 7.84. The summed E-state index contributed by atoms with van der Waals surface area (Å²) in [5.74, 6) is 1.31. The maximum Gasteiger partial charge on any atom is 0.250 e. The normalized spacial score (nSPS) is 12.9. The van der Waals surface area contributed by atoms with Crippen molar-refractivity contribution in [3.05, 3.63) is 17.5 Å². The van der Waals surface area contributed by atoms with Crippen LogP contribution in [0.15, 0.2) is 21.7 Å². The molecule has 0 bridgehead atoms. The summed E-state index contributed by atoms with van der Waals surface area (Å²) in [5.41, 5.74) is 0. The molecule has 0 spiro atoms. The van der Waals surface area contributed by atoms with Gasteiger partial charge in [-0.1, -0.05) is 33.8 Å². The van der Waals surface area contributed by atoms with Crippen molar-refractivity contribution in [1.82, 2.24) is 4.72 Å². The topological polar surface area (TPSA) is 46.2 Å². The molecule has 98 valence electrons. The summed E-state index contributed by atoms with van der Waals surface area (Å²) in [6, 6.07) is 3.38. The van der Waals surface area contributed by atoms with Gasteiger partial charge in [0.05, 0.1) is 0 Å². The van der Waals surface area contributed by atoms with Crippen molar-refractivity contribution in [2.24, 2.45) is 17.8 Å². The molecular formula is C12H21NO2S2. The highest BCUT2D eigenvalue weighted by molar-refractivity contribution is 7.91. The van der Waals surface area contributed by atoms with Crippen LogP contribution >= 0.6 is 11.3 Å². The second-order valence-electron chi connectivity index (χ2n) is 4.94. The van der Waals surface area contributed by atoms with E-state index in [-0.39, 0.29) is 0 Å². The summed E-state index contributed by atoms with van der Waals surface area (Å²) in [5, 5.41) is 1.77. The Hall–Kier alpha value is -0.390. The molecule has 0 aliphatic carbocycles. The molecule has 1 rings (SSSR count). The second-order valence-corrected chi connectivity index (χ2v) is 7.88. The predicted molar refractivity (Wildman–Crippen MR) is 72.7 cm³/mol. The molecule has 0 saturated heterocycles. The van der Waals surface area contributed by atoms with E-state index in [1.807, 2.05) is 0 Å². The van der Waals surface area contributed by atoms with E-state index in [0.29, 0.717) is 28.5 Å². The number of hydrogen-bond acceptors (Lipinski definition) is 3. The SMILES string of the molecule is CC(C)C(CNS(=O)(=O)c1cccs1)C(C)C. The Morgan fingerprint density at radius 3 is 2.24 bits per heavy atom. The zero-order valence-electron chi connectivity index (χ0n) is 10.8. The summed E-state index contributed by atoms with van der Waals surface area (Å²) in [7, 11) is -3.31. The van der Waals surface area contributed by atoms with E-state index in [4.69, 9.17) is 0 Å². The average molecular weight is 275 g/mol. The highest BCUT2D eigenvalue weighted by Gasteiger charge is 2.21. The zero-order chi connectivity index (χ0) is 13.1. The first kappa shape index (κ1) is 14.7. The van der Waals surface area contributed by atoms with Gasteiger partial charge >= 0.3 is 0 Å². The smallest absolute Gasteiger partial charge is 0.210 e. The molecule has 3 nitrogen and oxygen atoms in total. The minimum absolute atomic E-state index is 0.365. The van der Waals surface area contributed by atoms with Crippen molar-refractivity contribution in [3.63, 3.8) is 0 Å². The highest BCUT2D eigenvalue weighted by Crippen LogP contribution is 2.21. The van der Waals surface area contributed by atoms with Gasteiger partial charge in [0.2, 0.25) is 10.0 Å². The molecule has 0 amide bonds. The standard InChI is InChI=1S/C12H21NO2S2/c1-9(2)11(10(3)4)8-13-17(14,15)12-6-5-7-16-12/h5-7,9-11,13H,8H2,1-4H3. The zero-order valence-corrected chi connectivity index (χ0v) is 12.4. The largest absolute Gasteiger partial charge is 0.250 e.